The first-order valence-electron chi connectivity index (χ1n) is 7.77. The summed E-state index contributed by atoms with van der Waals surface area (Å²) in [5.74, 6) is 0.513. The topological polar surface area (TPSA) is 54.4 Å². The molecule has 1 fully saturated rings. The molecule has 0 aliphatic heterocycles. The van der Waals surface area contributed by atoms with Crippen LogP contribution >= 0.6 is 0 Å². The third-order valence-electron chi connectivity index (χ3n) is 4.69. The predicted molar refractivity (Wildman–Crippen MR) is 79.9 cm³/mol. The Kier molecular flexibility index (Phi) is 6.81. The van der Waals surface area contributed by atoms with Crippen LogP contribution in [0.4, 0.5) is 0 Å². The average molecular weight is 290 g/mol. The summed E-state index contributed by atoms with van der Waals surface area (Å²) in [6.45, 7) is 4.29. The number of unbranched alkanes of at least 4 members (excludes halogenated alkanes) is 1. The first-order chi connectivity index (χ1) is 8.90. The first kappa shape index (κ1) is 17.0. The van der Waals surface area contributed by atoms with Crippen LogP contribution in [0.25, 0.3) is 0 Å². The van der Waals surface area contributed by atoms with Gasteiger partial charge < -0.3 is 5.11 Å². The van der Waals surface area contributed by atoms with Gasteiger partial charge in [-0.2, -0.15) is 0 Å². The molecule has 0 amide bonds. The van der Waals surface area contributed by atoms with E-state index in [2.05, 4.69) is 13.8 Å². The second kappa shape index (κ2) is 7.63. The summed E-state index contributed by atoms with van der Waals surface area (Å²) >= 11 is 0. The fourth-order valence-corrected chi connectivity index (χ4v) is 4.54. The standard InChI is InChI=1S/C15H30O3S/c1-4-6-8-12(5-2)15(16)13-9-7-10-14(11-13)19(3,17)18/h12-16H,4-11H2,1-3H3. The zero-order chi connectivity index (χ0) is 14.5. The lowest BCUT2D eigenvalue weighted by atomic mass is 9.78. The number of aliphatic hydroxyl groups is 1. The van der Waals surface area contributed by atoms with Crippen molar-refractivity contribution in [2.45, 2.75) is 76.6 Å². The summed E-state index contributed by atoms with van der Waals surface area (Å²) in [6.07, 6.45) is 8.71. The van der Waals surface area contributed by atoms with E-state index >= 15 is 0 Å². The Morgan fingerprint density at radius 2 is 1.95 bits per heavy atom. The molecule has 0 spiro atoms. The van der Waals surface area contributed by atoms with Gasteiger partial charge in [0, 0.05) is 6.26 Å². The lowest BCUT2D eigenvalue weighted by molar-refractivity contribution is 0.0280. The number of rotatable bonds is 7. The van der Waals surface area contributed by atoms with Crippen LogP contribution in [-0.2, 0) is 9.84 Å². The van der Waals surface area contributed by atoms with Gasteiger partial charge in [-0.3, -0.25) is 0 Å². The average Bonchev–Trinajstić information content (AvgIpc) is 2.38. The molecule has 1 rings (SSSR count). The lowest BCUT2D eigenvalue weighted by Crippen LogP contribution is -2.36. The van der Waals surface area contributed by atoms with Gasteiger partial charge in [0.25, 0.3) is 0 Å². The van der Waals surface area contributed by atoms with Crippen molar-refractivity contribution in [1.29, 1.82) is 0 Å². The molecular weight excluding hydrogens is 260 g/mol. The third-order valence-corrected chi connectivity index (χ3v) is 6.33. The molecule has 1 saturated carbocycles. The van der Waals surface area contributed by atoms with E-state index in [0.717, 1.165) is 44.9 Å². The van der Waals surface area contributed by atoms with Crippen LogP contribution in [-0.4, -0.2) is 31.1 Å². The van der Waals surface area contributed by atoms with Crippen LogP contribution < -0.4 is 0 Å². The fraction of sp³-hybridized carbons (Fsp3) is 1.00. The van der Waals surface area contributed by atoms with E-state index in [1.807, 2.05) is 0 Å². The molecule has 3 nitrogen and oxygen atoms in total. The van der Waals surface area contributed by atoms with Crippen molar-refractivity contribution in [3.63, 3.8) is 0 Å². The summed E-state index contributed by atoms with van der Waals surface area (Å²) in [5.41, 5.74) is 0. The van der Waals surface area contributed by atoms with Crippen molar-refractivity contribution in [3.8, 4) is 0 Å². The van der Waals surface area contributed by atoms with Crippen LogP contribution in [0.2, 0.25) is 0 Å². The smallest absolute Gasteiger partial charge is 0.150 e. The quantitative estimate of drug-likeness (QED) is 0.783. The SMILES string of the molecule is CCCCC(CC)C(O)C1CCCC(S(C)(=O)=O)C1. The molecule has 4 unspecified atom stereocenters. The minimum atomic E-state index is -2.95. The van der Waals surface area contributed by atoms with E-state index in [9.17, 15) is 13.5 Å². The van der Waals surface area contributed by atoms with Crippen LogP contribution in [0.15, 0.2) is 0 Å². The zero-order valence-electron chi connectivity index (χ0n) is 12.6. The molecule has 4 heteroatoms. The minimum Gasteiger partial charge on any atom is -0.393 e. The summed E-state index contributed by atoms with van der Waals surface area (Å²) in [5, 5.41) is 10.3. The predicted octanol–water partition coefficient (Wildman–Crippen LogP) is 3.17. The molecule has 114 valence electrons. The third kappa shape index (κ3) is 5.07. The van der Waals surface area contributed by atoms with E-state index in [0.29, 0.717) is 12.3 Å². The molecule has 1 N–H and O–H groups in total. The molecule has 0 aromatic heterocycles. The van der Waals surface area contributed by atoms with Crippen molar-refractivity contribution >= 4 is 9.84 Å². The summed E-state index contributed by atoms with van der Waals surface area (Å²) < 4.78 is 23.4. The molecular formula is C15H30O3S. The Morgan fingerprint density at radius 1 is 1.26 bits per heavy atom. The van der Waals surface area contributed by atoms with Crippen molar-refractivity contribution in [2.75, 3.05) is 6.26 Å². The number of hydrogen-bond acceptors (Lipinski definition) is 3. The van der Waals surface area contributed by atoms with Gasteiger partial charge in [-0.05, 0) is 37.5 Å². The monoisotopic (exact) mass is 290 g/mol. The zero-order valence-corrected chi connectivity index (χ0v) is 13.5. The number of aliphatic hydroxyl groups excluding tert-OH is 1. The second-order valence-corrected chi connectivity index (χ2v) is 8.51. The van der Waals surface area contributed by atoms with Gasteiger partial charge in [0.1, 0.15) is 9.84 Å². The number of sulfone groups is 1. The highest BCUT2D eigenvalue weighted by Gasteiger charge is 2.34. The van der Waals surface area contributed by atoms with Crippen molar-refractivity contribution in [2.24, 2.45) is 11.8 Å². The van der Waals surface area contributed by atoms with E-state index in [4.69, 9.17) is 0 Å². The minimum absolute atomic E-state index is 0.176. The van der Waals surface area contributed by atoms with Gasteiger partial charge in [0.2, 0.25) is 0 Å². The van der Waals surface area contributed by atoms with Gasteiger partial charge in [-0.1, -0.05) is 39.5 Å². The maximum Gasteiger partial charge on any atom is 0.150 e. The van der Waals surface area contributed by atoms with Crippen LogP contribution in [0.5, 0.6) is 0 Å². The fourth-order valence-electron chi connectivity index (χ4n) is 3.35. The summed E-state index contributed by atoms with van der Waals surface area (Å²) in [7, 11) is -2.95. The van der Waals surface area contributed by atoms with Gasteiger partial charge >= 0.3 is 0 Å². The lowest BCUT2D eigenvalue weighted by Gasteiger charge is -2.35. The van der Waals surface area contributed by atoms with Crippen molar-refractivity contribution < 1.29 is 13.5 Å². The van der Waals surface area contributed by atoms with Crippen LogP contribution in [0.3, 0.4) is 0 Å². The Labute approximate surface area is 118 Å². The molecule has 0 radical (unpaired) electrons. The van der Waals surface area contributed by atoms with E-state index in [-0.39, 0.29) is 17.3 Å². The second-order valence-electron chi connectivity index (χ2n) is 6.18. The summed E-state index contributed by atoms with van der Waals surface area (Å²) in [6, 6.07) is 0. The normalized spacial score (nSPS) is 28.0. The molecule has 0 saturated heterocycles. The molecule has 0 aromatic carbocycles. The van der Waals surface area contributed by atoms with E-state index < -0.39 is 9.84 Å². The highest BCUT2D eigenvalue weighted by Crippen LogP contribution is 2.34. The van der Waals surface area contributed by atoms with Gasteiger partial charge in [-0.15, -0.1) is 0 Å². The molecule has 0 heterocycles. The maximum absolute atomic E-state index is 11.7. The van der Waals surface area contributed by atoms with Crippen LogP contribution in [0, 0.1) is 11.8 Å². The van der Waals surface area contributed by atoms with E-state index in [1.54, 1.807) is 0 Å². The maximum atomic E-state index is 11.7. The molecule has 1 aliphatic carbocycles. The number of hydrogen-bond donors (Lipinski definition) is 1. The Hall–Kier alpha value is -0.0900. The molecule has 0 bridgehead atoms. The Balaban J connectivity index is 2.62. The first-order valence-corrected chi connectivity index (χ1v) is 9.72. The Morgan fingerprint density at radius 3 is 2.47 bits per heavy atom. The molecule has 0 aromatic rings. The van der Waals surface area contributed by atoms with Gasteiger partial charge in [-0.25, -0.2) is 8.42 Å². The van der Waals surface area contributed by atoms with Crippen molar-refractivity contribution in [1.82, 2.24) is 0 Å². The van der Waals surface area contributed by atoms with Crippen molar-refractivity contribution in [3.05, 3.63) is 0 Å². The van der Waals surface area contributed by atoms with Gasteiger partial charge in [0.05, 0.1) is 11.4 Å². The molecule has 19 heavy (non-hydrogen) atoms. The Bertz CT molecular complexity index is 350. The summed E-state index contributed by atoms with van der Waals surface area (Å²) in [4.78, 5) is 0. The largest absolute Gasteiger partial charge is 0.393 e. The highest BCUT2D eigenvalue weighted by atomic mass is 32.2. The van der Waals surface area contributed by atoms with Gasteiger partial charge in [0.15, 0.2) is 0 Å². The van der Waals surface area contributed by atoms with E-state index in [1.165, 1.54) is 6.26 Å². The highest BCUT2D eigenvalue weighted by molar-refractivity contribution is 7.91. The molecule has 1 aliphatic rings. The van der Waals surface area contributed by atoms with Crippen LogP contribution in [0.1, 0.15) is 65.2 Å². The molecule has 4 atom stereocenters.